The number of nitrogens with one attached hydrogen (secondary N) is 1. The van der Waals surface area contributed by atoms with Crippen molar-refractivity contribution >= 4 is 52.1 Å². The Hall–Kier alpha value is -2.89. The number of hydrogen-bond donors (Lipinski definition) is 1. The smallest absolute Gasteiger partial charge is 0.345 e. The van der Waals surface area contributed by atoms with E-state index in [1.54, 1.807) is 12.1 Å². The van der Waals surface area contributed by atoms with Gasteiger partial charge in [0.2, 0.25) is 5.91 Å². The molecule has 0 aromatic heterocycles. The third-order valence-electron chi connectivity index (χ3n) is 6.67. The Morgan fingerprint density at radius 1 is 0.846 bits per heavy atom. The molecule has 0 saturated heterocycles. The zero-order chi connectivity index (χ0) is 27.9. The first-order valence-electron chi connectivity index (χ1n) is 14.0. The van der Waals surface area contributed by atoms with Gasteiger partial charge in [0.1, 0.15) is 5.75 Å². The molecule has 0 unspecified atom stereocenters. The average molecular weight is 570 g/mol. The van der Waals surface area contributed by atoms with Gasteiger partial charge in [-0.05, 0) is 41.5 Å². The summed E-state index contributed by atoms with van der Waals surface area (Å²) in [5, 5.41) is 6.60. The van der Waals surface area contributed by atoms with Crippen molar-refractivity contribution in [1.82, 2.24) is 5.43 Å². The van der Waals surface area contributed by atoms with E-state index in [4.69, 9.17) is 27.9 Å². The van der Waals surface area contributed by atoms with Gasteiger partial charge in [-0.3, -0.25) is 4.79 Å². The van der Waals surface area contributed by atoms with Gasteiger partial charge in [0.15, 0.2) is 0 Å². The highest BCUT2D eigenvalue weighted by Gasteiger charge is 2.16. The maximum absolute atomic E-state index is 12.8. The standard InChI is InChI=1S/C32H38Cl2N2O3/c1-2-3-4-5-6-7-8-9-10-11-12-17-31(37)36-35-23-28-26-16-14-13-15-24(26)18-21-30(28)39-32(38)27-20-19-25(33)22-29(27)34/h13-16,18-23H,2-12,17H2,1H3,(H,36,37)/b35-23+. The lowest BCUT2D eigenvalue weighted by Crippen LogP contribution is -2.17. The van der Waals surface area contributed by atoms with Crippen LogP contribution in [-0.4, -0.2) is 18.1 Å². The first-order chi connectivity index (χ1) is 19.0. The van der Waals surface area contributed by atoms with Crippen molar-refractivity contribution < 1.29 is 14.3 Å². The van der Waals surface area contributed by atoms with E-state index < -0.39 is 5.97 Å². The summed E-state index contributed by atoms with van der Waals surface area (Å²) in [7, 11) is 0. The van der Waals surface area contributed by atoms with Crippen LogP contribution in [0.15, 0.2) is 59.7 Å². The highest BCUT2D eigenvalue weighted by molar-refractivity contribution is 6.36. The number of halogens is 2. The molecule has 1 amide bonds. The van der Waals surface area contributed by atoms with E-state index in [0.29, 0.717) is 22.8 Å². The van der Waals surface area contributed by atoms with Crippen molar-refractivity contribution in [2.24, 2.45) is 5.10 Å². The largest absolute Gasteiger partial charge is 0.422 e. The highest BCUT2D eigenvalue weighted by atomic mass is 35.5. The first kappa shape index (κ1) is 30.6. The minimum absolute atomic E-state index is 0.131. The molecule has 1 N–H and O–H groups in total. The number of unbranched alkanes of at least 4 members (excludes halogenated alkanes) is 10. The lowest BCUT2D eigenvalue weighted by atomic mass is 10.0. The van der Waals surface area contributed by atoms with E-state index in [-0.39, 0.29) is 16.5 Å². The van der Waals surface area contributed by atoms with Gasteiger partial charge in [-0.1, -0.05) is 125 Å². The molecule has 0 atom stereocenters. The predicted molar refractivity (Wildman–Crippen MR) is 162 cm³/mol. The number of carbonyl (C=O) groups is 2. The summed E-state index contributed by atoms with van der Waals surface area (Å²) in [6, 6.07) is 15.9. The van der Waals surface area contributed by atoms with Gasteiger partial charge in [0.05, 0.1) is 16.8 Å². The Morgan fingerprint density at radius 2 is 1.51 bits per heavy atom. The third kappa shape index (κ3) is 10.3. The second kappa shape index (κ2) is 16.9. The summed E-state index contributed by atoms with van der Waals surface area (Å²) in [5.41, 5.74) is 3.40. The maximum atomic E-state index is 12.8. The first-order valence-corrected chi connectivity index (χ1v) is 14.8. The molecular weight excluding hydrogens is 531 g/mol. The van der Waals surface area contributed by atoms with E-state index >= 15 is 0 Å². The highest BCUT2D eigenvalue weighted by Crippen LogP contribution is 2.29. The van der Waals surface area contributed by atoms with Crippen LogP contribution in [0.3, 0.4) is 0 Å². The third-order valence-corrected chi connectivity index (χ3v) is 7.22. The number of hydrazone groups is 1. The van der Waals surface area contributed by atoms with Crippen LogP contribution >= 0.6 is 23.2 Å². The van der Waals surface area contributed by atoms with Crippen LogP contribution in [0, 0.1) is 0 Å². The van der Waals surface area contributed by atoms with Crippen LogP contribution in [0.5, 0.6) is 5.75 Å². The van der Waals surface area contributed by atoms with Gasteiger partial charge in [0, 0.05) is 17.0 Å². The number of amides is 1. The molecule has 0 heterocycles. The summed E-state index contributed by atoms with van der Waals surface area (Å²) in [6.07, 6.45) is 15.5. The fourth-order valence-corrected chi connectivity index (χ4v) is 4.97. The van der Waals surface area contributed by atoms with Gasteiger partial charge in [-0.25, -0.2) is 10.2 Å². The number of carbonyl (C=O) groups excluding carboxylic acids is 2. The zero-order valence-corrected chi connectivity index (χ0v) is 24.2. The van der Waals surface area contributed by atoms with Crippen LogP contribution in [-0.2, 0) is 4.79 Å². The minimum atomic E-state index is -0.609. The van der Waals surface area contributed by atoms with Gasteiger partial charge in [-0.2, -0.15) is 5.10 Å². The maximum Gasteiger partial charge on any atom is 0.345 e. The van der Waals surface area contributed by atoms with E-state index in [2.05, 4.69) is 17.5 Å². The molecule has 0 fully saturated rings. The van der Waals surface area contributed by atoms with E-state index in [0.717, 1.165) is 30.0 Å². The lowest BCUT2D eigenvalue weighted by Gasteiger charge is -2.11. The van der Waals surface area contributed by atoms with Crippen molar-refractivity contribution in [2.75, 3.05) is 0 Å². The molecule has 0 radical (unpaired) electrons. The van der Waals surface area contributed by atoms with Crippen molar-refractivity contribution in [3.63, 3.8) is 0 Å². The Balaban J connectivity index is 1.51. The average Bonchev–Trinajstić information content (AvgIpc) is 2.92. The van der Waals surface area contributed by atoms with E-state index in [9.17, 15) is 9.59 Å². The van der Waals surface area contributed by atoms with Crippen LogP contribution in [0.2, 0.25) is 10.0 Å². The van der Waals surface area contributed by atoms with Gasteiger partial charge < -0.3 is 4.74 Å². The van der Waals surface area contributed by atoms with E-state index in [1.807, 2.05) is 30.3 Å². The second-order valence-corrected chi connectivity index (χ2v) is 10.6. The van der Waals surface area contributed by atoms with Crippen LogP contribution in [0.4, 0.5) is 0 Å². The molecule has 3 rings (SSSR count). The van der Waals surface area contributed by atoms with E-state index in [1.165, 1.54) is 69.7 Å². The van der Waals surface area contributed by atoms with Crippen LogP contribution < -0.4 is 10.2 Å². The van der Waals surface area contributed by atoms with Crippen molar-refractivity contribution in [3.8, 4) is 5.75 Å². The molecule has 208 valence electrons. The zero-order valence-electron chi connectivity index (χ0n) is 22.7. The fraction of sp³-hybridized carbons (Fsp3) is 0.406. The van der Waals surface area contributed by atoms with Gasteiger partial charge in [-0.15, -0.1) is 0 Å². The molecule has 0 aliphatic heterocycles. The van der Waals surface area contributed by atoms with Crippen molar-refractivity contribution in [2.45, 2.75) is 84.0 Å². The number of nitrogens with zero attached hydrogens (tertiary/aromatic N) is 1. The quantitative estimate of drug-likeness (QED) is 0.0614. The Morgan fingerprint density at radius 3 is 2.21 bits per heavy atom. The molecule has 0 aliphatic rings. The summed E-state index contributed by atoms with van der Waals surface area (Å²) in [6.45, 7) is 2.24. The molecule has 3 aromatic rings. The number of rotatable bonds is 16. The molecule has 0 saturated carbocycles. The predicted octanol–water partition coefficient (Wildman–Crippen LogP) is 9.52. The summed E-state index contributed by atoms with van der Waals surface area (Å²) in [4.78, 5) is 25.2. The topological polar surface area (TPSA) is 67.8 Å². The molecule has 7 heteroatoms. The van der Waals surface area contributed by atoms with Crippen molar-refractivity contribution in [1.29, 1.82) is 0 Å². The Kier molecular flexibility index (Phi) is 13.3. The van der Waals surface area contributed by atoms with Crippen LogP contribution in [0.1, 0.15) is 99.9 Å². The second-order valence-electron chi connectivity index (χ2n) is 9.79. The summed E-state index contributed by atoms with van der Waals surface area (Å²) < 4.78 is 5.69. The summed E-state index contributed by atoms with van der Waals surface area (Å²) in [5.74, 6) is -0.427. The summed E-state index contributed by atoms with van der Waals surface area (Å²) >= 11 is 12.1. The number of esters is 1. The Bertz CT molecular complexity index is 1260. The molecule has 3 aromatic carbocycles. The van der Waals surface area contributed by atoms with Crippen molar-refractivity contribution in [3.05, 3.63) is 75.8 Å². The molecule has 0 spiro atoms. The molecule has 0 bridgehead atoms. The number of fused-ring (bicyclic) bond motifs is 1. The lowest BCUT2D eigenvalue weighted by molar-refractivity contribution is -0.121. The number of ether oxygens (including phenoxy) is 1. The molecular formula is C32H38Cl2N2O3. The number of benzene rings is 3. The fourth-order valence-electron chi connectivity index (χ4n) is 4.48. The van der Waals surface area contributed by atoms with Crippen LogP contribution in [0.25, 0.3) is 10.8 Å². The SMILES string of the molecule is CCCCCCCCCCCCCC(=O)N/N=C/c1c(OC(=O)c2ccc(Cl)cc2Cl)ccc2ccccc12. The Labute approximate surface area is 241 Å². The monoisotopic (exact) mass is 568 g/mol. The molecule has 0 aliphatic carbocycles. The normalized spacial score (nSPS) is 11.3. The molecule has 39 heavy (non-hydrogen) atoms. The molecule has 5 nitrogen and oxygen atoms in total. The minimum Gasteiger partial charge on any atom is -0.422 e. The van der Waals surface area contributed by atoms with Gasteiger partial charge in [0.25, 0.3) is 0 Å². The number of hydrogen-bond acceptors (Lipinski definition) is 4. The van der Waals surface area contributed by atoms with Gasteiger partial charge >= 0.3 is 5.97 Å².